The second-order valence-electron chi connectivity index (χ2n) is 3.88. The average molecular weight is 250 g/mol. The highest BCUT2D eigenvalue weighted by Gasteiger charge is 2.11. The van der Waals surface area contributed by atoms with Gasteiger partial charge in [-0.3, -0.25) is 4.79 Å². The number of rotatable bonds is 7. The maximum atomic E-state index is 10.6. The van der Waals surface area contributed by atoms with Gasteiger partial charge >= 0.3 is 5.97 Å². The number of hydrogen-bond acceptors (Lipinski definition) is 4. The zero-order valence-electron chi connectivity index (χ0n) is 10.4. The Kier molecular flexibility index (Phi) is 5.87. The number of aliphatic carboxylic acids is 1. The van der Waals surface area contributed by atoms with Crippen molar-refractivity contribution in [3.8, 4) is 0 Å². The molecule has 1 aromatic carbocycles. The lowest BCUT2D eigenvalue weighted by Gasteiger charge is -2.06. The van der Waals surface area contributed by atoms with Crippen molar-refractivity contribution in [2.24, 2.45) is 10.9 Å². The molecule has 1 unspecified atom stereocenters. The first kappa shape index (κ1) is 14.2. The fraction of sp³-hybridized carbons (Fsp3) is 0.385. The van der Waals surface area contributed by atoms with Crippen LogP contribution < -0.4 is 5.73 Å². The van der Waals surface area contributed by atoms with E-state index in [9.17, 15) is 4.79 Å². The van der Waals surface area contributed by atoms with Crippen molar-refractivity contribution in [2.75, 3.05) is 6.61 Å². The maximum Gasteiger partial charge on any atom is 0.320 e. The predicted molar refractivity (Wildman–Crippen MR) is 69.6 cm³/mol. The Hall–Kier alpha value is -1.88. The molecule has 0 fully saturated rings. The first-order chi connectivity index (χ1) is 8.63. The molecule has 5 nitrogen and oxygen atoms in total. The van der Waals surface area contributed by atoms with Gasteiger partial charge in [0.05, 0.1) is 0 Å². The molecule has 0 aliphatic rings. The van der Waals surface area contributed by atoms with Gasteiger partial charge in [0.25, 0.3) is 0 Å². The number of carbonyl (C=O) groups is 1. The third-order valence-corrected chi connectivity index (χ3v) is 2.40. The highest BCUT2D eigenvalue weighted by molar-refractivity contribution is 5.73. The lowest BCUT2D eigenvalue weighted by Crippen LogP contribution is -2.32. The number of carboxylic acids is 1. The molecule has 18 heavy (non-hydrogen) atoms. The first-order valence-corrected chi connectivity index (χ1v) is 5.83. The molecule has 0 radical (unpaired) electrons. The first-order valence-electron chi connectivity index (χ1n) is 5.83. The van der Waals surface area contributed by atoms with Crippen LogP contribution in [-0.4, -0.2) is 29.9 Å². The second kappa shape index (κ2) is 7.45. The van der Waals surface area contributed by atoms with Gasteiger partial charge in [-0.1, -0.05) is 29.4 Å². The zero-order valence-corrected chi connectivity index (χ0v) is 10.4. The second-order valence-corrected chi connectivity index (χ2v) is 3.88. The summed E-state index contributed by atoms with van der Waals surface area (Å²) < 4.78 is 0. The molecule has 0 aromatic heterocycles. The van der Waals surface area contributed by atoms with Crippen molar-refractivity contribution in [3.05, 3.63) is 35.4 Å². The van der Waals surface area contributed by atoms with Crippen molar-refractivity contribution in [2.45, 2.75) is 25.8 Å². The molecule has 1 aromatic rings. The minimum absolute atomic E-state index is 0.336. The molecule has 5 heteroatoms. The maximum absolute atomic E-state index is 10.6. The molecular weight excluding hydrogens is 232 g/mol. The molecule has 0 spiro atoms. The molecule has 98 valence electrons. The van der Waals surface area contributed by atoms with Crippen LogP contribution in [0, 0.1) is 0 Å². The van der Waals surface area contributed by atoms with Crippen LogP contribution in [0.15, 0.2) is 29.4 Å². The SMILES string of the molecule is CCO/N=C/Cc1ccc(CC(N)C(=O)O)cc1. The molecule has 0 saturated carbocycles. The van der Waals surface area contributed by atoms with Crippen LogP contribution in [0.4, 0.5) is 0 Å². The number of nitrogens with zero attached hydrogens (tertiary/aromatic N) is 1. The van der Waals surface area contributed by atoms with E-state index in [1.54, 1.807) is 6.21 Å². The van der Waals surface area contributed by atoms with Crippen LogP contribution in [0.2, 0.25) is 0 Å². The monoisotopic (exact) mass is 250 g/mol. The van der Waals surface area contributed by atoms with Crippen LogP contribution >= 0.6 is 0 Å². The number of carboxylic acid groups (broad SMARTS) is 1. The van der Waals surface area contributed by atoms with E-state index in [1.807, 2.05) is 31.2 Å². The smallest absolute Gasteiger partial charge is 0.320 e. The summed E-state index contributed by atoms with van der Waals surface area (Å²) in [4.78, 5) is 15.5. The quantitative estimate of drug-likeness (QED) is 0.562. The van der Waals surface area contributed by atoms with E-state index in [2.05, 4.69) is 5.16 Å². The minimum Gasteiger partial charge on any atom is -0.480 e. The van der Waals surface area contributed by atoms with Crippen LogP contribution in [0.1, 0.15) is 18.1 Å². The topological polar surface area (TPSA) is 84.9 Å². The van der Waals surface area contributed by atoms with Gasteiger partial charge in [0.1, 0.15) is 12.6 Å². The third kappa shape index (κ3) is 4.97. The van der Waals surface area contributed by atoms with Crippen LogP contribution in [0.3, 0.4) is 0 Å². The standard InChI is InChI=1S/C13H18N2O3/c1-2-18-15-8-7-10-3-5-11(6-4-10)9-12(14)13(16)17/h3-6,8,12H,2,7,9,14H2,1H3,(H,16,17)/b15-8+. The van der Waals surface area contributed by atoms with Crippen molar-refractivity contribution in [1.82, 2.24) is 0 Å². The molecule has 0 amide bonds. The summed E-state index contributed by atoms with van der Waals surface area (Å²) in [5.74, 6) is -0.983. The number of benzene rings is 1. The average Bonchev–Trinajstić information content (AvgIpc) is 2.36. The van der Waals surface area contributed by atoms with Gasteiger partial charge in [0, 0.05) is 12.6 Å². The highest BCUT2D eigenvalue weighted by atomic mass is 16.6. The molecule has 0 aliphatic heterocycles. The highest BCUT2D eigenvalue weighted by Crippen LogP contribution is 2.06. The van der Waals surface area contributed by atoms with E-state index >= 15 is 0 Å². The van der Waals surface area contributed by atoms with Gasteiger partial charge in [-0.15, -0.1) is 0 Å². The summed E-state index contributed by atoms with van der Waals surface area (Å²) in [7, 11) is 0. The Bertz CT molecular complexity index is 401. The summed E-state index contributed by atoms with van der Waals surface area (Å²) in [5.41, 5.74) is 7.46. The number of nitrogens with two attached hydrogens (primary N) is 1. The number of oxime groups is 1. The fourth-order valence-electron chi connectivity index (χ4n) is 1.42. The predicted octanol–water partition coefficient (Wildman–Crippen LogP) is 1.21. The lowest BCUT2D eigenvalue weighted by molar-refractivity contribution is -0.138. The van der Waals surface area contributed by atoms with Gasteiger partial charge in [0.15, 0.2) is 0 Å². The Balaban J connectivity index is 2.49. The minimum atomic E-state index is -0.983. The van der Waals surface area contributed by atoms with Gasteiger partial charge in [0.2, 0.25) is 0 Å². The van der Waals surface area contributed by atoms with Crippen LogP contribution in [-0.2, 0) is 22.5 Å². The van der Waals surface area contributed by atoms with Gasteiger partial charge in [-0.2, -0.15) is 0 Å². The van der Waals surface area contributed by atoms with Gasteiger partial charge in [-0.25, -0.2) is 0 Å². The Morgan fingerprint density at radius 3 is 2.61 bits per heavy atom. The number of hydrogen-bond donors (Lipinski definition) is 2. The van der Waals surface area contributed by atoms with Crippen LogP contribution in [0.5, 0.6) is 0 Å². The molecule has 0 saturated heterocycles. The summed E-state index contributed by atoms with van der Waals surface area (Å²) in [5, 5.41) is 12.5. The third-order valence-electron chi connectivity index (χ3n) is 2.40. The summed E-state index contributed by atoms with van der Waals surface area (Å²) in [6.07, 6.45) is 2.72. The molecule has 1 atom stereocenters. The normalized spacial score (nSPS) is 12.6. The molecule has 1 rings (SSSR count). The molecular formula is C13H18N2O3. The zero-order chi connectivity index (χ0) is 13.4. The molecule has 3 N–H and O–H groups in total. The van der Waals surface area contributed by atoms with E-state index in [1.165, 1.54) is 0 Å². The van der Waals surface area contributed by atoms with Crippen LogP contribution in [0.25, 0.3) is 0 Å². The largest absolute Gasteiger partial charge is 0.480 e. The van der Waals surface area contributed by atoms with E-state index < -0.39 is 12.0 Å². The van der Waals surface area contributed by atoms with Crippen molar-refractivity contribution in [1.29, 1.82) is 0 Å². The Labute approximate surface area is 106 Å². The van der Waals surface area contributed by atoms with Gasteiger partial charge < -0.3 is 15.7 Å². The Morgan fingerprint density at radius 2 is 2.06 bits per heavy atom. The van der Waals surface area contributed by atoms with Crippen molar-refractivity contribution in [3.63, 3.8) is 0 Å². The van der Waals surface area contributed by atoms with E-state index in [0.29, 0.717) is 19.4 Å². The fourth-order valence-corrected chi connectivity index (χ4v) is 1.42. The van der Waals surface area contributed by atoms with Crippen molar-refractivity contribution < 1.29 is 14.7 Å². The molecule has 0 aliphatic carbocycles. The van der Waals surface area contributed by atoms with E-state index in [0.717, 1.165) is 11.1 Å². The summed E-state index contributed by atoms with van der Waals surface area (Å²) in [6, 6.07) is 6.78. The van der Waals surface area contributed by atoms with E-state index in [4.69, 9.17) is 15.7 Å². The Morgan fingerprint density at radius 1 is 1.44 bits per heavy atom. The van der Waals surface area contributed by atoms with E-state index in [-0.39, 0.29) is 0 Å². The summed E-state index contributed by atoms with van der Waals surface area (Å²) in [6.45, 7) is 2.43. The molecule has 0 bridgehead atoms. The summed E-state index contributed by atoms with van der Waals surface area (Å²) >= 11 is 0. The van der Waals surface area contributed by atoms with Crippen molar-refractivity contribution >= 4 is 12.2 Å². The molecule has 0 heterocycles. The van der Waals surface area contributed by atoms with Gasteiger partial charge in [-0.05, 0) is 24.5 Å². The lowest BCUT2D eigenvalue weighted by atomic mass is 10.0.